The number of alkyl halides is 1. The van der Waals surface area contributed by atoms with Crippen molar-refractivity contribution in [3.05, 3.63) is 71.8 Å². The molecule has 0 bridgehead atoms. The van der Waals surface area contributed by atoms with E-state index in [1.807, 2.05) is 0 Å². The van der Waals surface area contributed by atoms with E-state index in [-0.39, 0.29) is 17.2 Å². The number of hydroxylamine groups is 2. The molecule has 2 aromatic carbocycles. The molecule has 0 aliphatic rings. The Morgan fingerprint density at radius 1 is 0.967 bits per heavy atom. The second kappa shape index (κ2) is 10.2. The van der Waals surface area contributed by atoms with Gasteiger partial charge in [0.25, 0.3) is 0 Å². The van der Waals surface area contributed by atoms with Gasteiger partial charge in [-0.3, -0.25) is 0 Å². The van der Waals surface area contributed by atoms with Gasteiger partial charge in [0.1, 0.15) is 12.2 Å². The molecule has 0 aliphatic carbocycles. The number of carbonyl (C=O) groups is 2. The van der Waals surface area contributed by atoms with Crippen LogP contribution in [0.25, 0.3) is 0 Å². The molecule has 0 N–H and O–H groups in total. The molecule has 7 nitrogen and oxygen atoms in total. The topological polar surface area (TPSA) is 74.3 Å². The minimum Gasteiger partial charge on any atom is -0.457 e. The van der Waals surface area contributed by atoms with E-state index in [1.54, 1.807) is 57.2 Å². The van der Waals surface area contributed by atoms with Crippen molar-refractivity contribution in [1.29, 1.82) is 0 Å². The fourth-order valence-electron chi connectivity index (χ4n) is 2.47. The summed E-state index contributed by atoms with van der Waals surface area (Å²) in [5.41, 5.74) is -0.468. The molecule has 162 valence electrons. The van der Waals surface area contributed by atoms with Crippen molar-refractivity contribution >= 4 is 12.1 Å². The largest absolute Gasteiger partial charge is 0.457 e. The molecule has 30 heavy (non-hydrogen) atoms. The Kier molecular flexibility index (Phi) is 7.91. The highest BCUT2D eigenvalue weighted by molar-refractivity contribution is 5.85. The lowest BCUT2D eigenvalue weighted by Gasteiger charge is -2.35. The Labute approximate surface area is 175 Å². The summed E-state index contributed by atoms with van der Waals surface area (Å²) in [7, 11) is 1.30. The van der Waals surface area contributed by atoms with Gasteiger partial charge in [-0.2, -0.15) is 4.39 Å². The third-order valence-corrected chi connectivity index (χ3v) is 3.78. The quantitative estimate of drug-likeness (QED) is 0.275. The van der Waals surface area contributed by atoms with Crippen LogP contribution < -0.4 is 0 Å². The van der Waals surface area contributed by atoms with E-state index in [0.717, 1.165) is 0 Å². The first-order valence-electron chi connectivity index (χ1n) is 9.29. The van der Waals surface area contributed by atoms with Crippen molar-refractivity contribution in [3.63, 3.8) is 0 Å². The predicted molar refractivity (Wildman–Crippen MR) is 107 cm³/mol. The van der Waals surface area contributed by atoms with Gasteiger partial charge in [-0.05, 0) is 26.3 Å². The monoisotopic (exact) mass is 419 g/mol. The molecule has 0 aliphatic heterocycles. The van der Waals surface area contributed by atoms with Crippen molar-refractivity contribution < 1.29 is 33.0 Å². The number of rotatable bonds is 8. The lowest BCUT2D eigenvalue weighted by Crippen LogP contribution is -2.53. The molecule has 1 amide bonds. The van der Waals surface area contributed by atoms with Gasteiger partial charge in [-0.25, -0.2) is 14.4 Å². The lowest BCUT2D eigenvalue weighted by molar-refractivity contribution is -0.281. The maximum Gasteiger partial charge on any atom is 0.438 e. The molecule has 0 aromatic heterocycles. The fraction of sp³-hybridized carbons (Fsp3) is 0.364. The smallest absolute Gasteiger partial charge is 0.438 e. The molecule has 2 aromatic rings. The third kappa shape index (κ3) is 6.01. The van der Waals surface area contributed by atoms with Gasteiger partial charge in [-0.15, -0.1) is 5.06 Å². The molecular formula is C22H26FNO6. The normalized spacial score (nSPS) is 13.2. The minimum atomic E-state index is -3.11. The van der Waals surface area contributed by atoms with Crippen LogP contribution in [0.3, 0.4) is 0 Å². The molecule has 0 heterocycles. The number of ether oxygens (including phenoxy) is 3. The second-order valence-corrected chi connectivity index (χ2v) is 7.36. The Hall–Kier alpha value is -2.97. The van der Waals surface area contributed by atoms with E-state index in [2.05, 4.69) is 0 Å². The zero-order valence-electron chi connectivity index (χ0n) is 17.5. The number of hydrogen-bond acceptors (Lipinski definition) is 6. The molecule has 0 radical (unpaired) electrons. The molecule has 2 rings (SSSR count). The number of carbonyl (C=O) groups excluding carboxylic acids is 2. The number of nitrogens with zero attached hydrogens (tertiary/aromatic N) is 1. The summed E-state index contributed by atoms with van der Waals surface area (Å²) in [5.74, 6) is -4.45. The summed E-state index contributed by atoms with van der Waals surface area (Å²) in [5, 5.41) is 0.213. The molecule has 0 spiro atoms. The van der Waals surface area contributed by atoms with E-state index in [9.17, 15) is 9.59 Å². The van der Waals surface area contributed by atoms with Crippen LogP contribution in [0.15, 0.2) is 60.7 Å². The van der Waals surface area contributed by atoms with Gasteiger partial charge in [-0.1, -0.05) is 60.7 Å². The number of amides is 1. The Morgan fingerprint density at radius 3 is 2.07 bits per heavy atom. The van der Waals surface area contributed by atoms with Crippen LogP contribution in [-0.4, -0.2) is 36.6 Å². The summed E-state index contributed by atoms with van der Waals surface area (Å²) < 4.78 is 31.6. The van der Waals surface area contributed by atoms with Crippen molar-refractivity contribution in [2.75, 3.05) is 13.9 Å². The lowest BCUT2D eigenvalue weighted by atomic mass is 10.0. The number of esters is 1. The number of methoxy groups -OCH3 is 1. The fourth-order valence-corrected chi connectivity index (χ4v) is 2.47. The van der Waals surface area contributed by atoms with Gasteiger partial charge in [0.05, 0.1) is 0 Å². The first kappa shape index (κ1) is 23.3. The summed E-state index contributed by atoms with van der Waals surface area (Å²) in [6.45, 7) is 4.13. The maximum atomic E-state index is 16.4. The third-order valence-electron chi connectivity index (χ3n) is 3.78. The highest BCUT2D eigenvalue weighted by Gasteiger charge is 2.53. The highest BCUT2D eigenvalue weighted by Crippen LogP contribution is 2.34. The zero-order chi connectivity index (χ0) is 22.2. The standard InChI is InChI=1S/C22H26FNO6/c1-21(2,3)30-20(26)24(29-16-27-4)22(23,18-13-9-6-10-14-18)19(25)28-15-17-11-7-5-8-12-17/h5-14H,15-16H2,1-4H3/t22-/m1/s1. The summed E-state index contributed by atoms with van der Waals surface area (Å²) in [6, 6.07) is 16.2. The molecule has 0 unspecified atom stereocenters. The van der Waals surface area contributed by atoms with E-state index < -0.39 is 30.2 Å². The van der Waals surface area contributed by atoms with Crippen LogP contribution >= 0.6 is 0 Å². The molecule has 0 fully saturated rings. The zero-order valence-corrected chi connectivity index (χ0v) is 17.5. The molecule has 1 atom stereocenters. The molecule has 0 saturated carbocycles. The average Bonchev–Trinajstić information content (AvgIpc) is 2.72. The molecular weight excluding hydrogens is 393 g/mol. The average molecular weight is 419 g/mol. The number of benzene rings is 2. The van der Waals surface area contributed by atoms with Crippen LogP contribution in [0.4, 0.5) is 9.18 Å². The van der Waals surface area contributed by atoms with Gasteiger partial charge in [0.15, 0.2) is 6.79 Å². The number of halogens is 1. The summed E-state index contributed by atoms with van der Waals surface area (Å²) in [4.78, 5) is 30.8. The van der Waals surface area contributed by atoms with E-state index in [4.69, 9.17) is 19.0 Å². The van der Waals surface area contributed by atoms with E-state index >= 15 is 4.39 Å². The minimum absolute atomic E-state index is 0.162. The van der Waals surface area contributed by atoms with E-state index in [0.29, 0.717) is 5.56 Å². The second-order valence-electron chi connectivity index (χ2n) is 7.36. The van der Waals surface area contributed by atoms with Gasteiger partial charge in [0, 0.05) is 12.7 Å². The Bertz CT molecular complexity index is 825. The maximum absolute atomic E-state index is 16.4. The van der Waals surface area contributed by atoms with Crippen LogP contribution in [-0.2, 0) is 36.2 Å². The Morgan fingerprint density at radius 2 is 1.53 bits per heavy atom. The summed E-state index contributed by atoms with van der Waals surface area (Å²) in [6.07, 6.45) is -1.21. The van der Waals surface area contributed by atoms with Gasteiger partial charge in [0.2, 0.25) is 0 Å². The van der Waals surface area contributed by atoms with Gasteiger partial charge < -0.3 is 14.2 Å². The molecule has 8 heteroatoms. The van der Waals surface area contributed by atoms with Crippen molar-refractivity contribution in [1.82, 2.24) is 5.06 Å². The van der Waals surface area contributed by atoms with E-state index in [1.165, 1.54) is 31.4 Å². The van der Waals surface area contributed by atoms with Crippen LogP contribution in [0.1, 0.15) is 31.9 Å². The van der Waals surface area contributed by atoms with Crippen molar-refractivity contribution in [2.24, 2.45) is 0 Å². The highest BCUT2D eigenvalue weighted by atomic mass is 19.1. The van der Waals surface area contributed by atoms with Crippen LogP contribution in [0.5, 0.6) is 0 Å². The summed E-state index contributed by atoms with van der Waals surface area (Å²) >= 11 is 0. The molecule has 0 saturated heterocycles. The first-order valence-corrected chi connectivity index (χ1v) is 9.29. The first-order chi connectivity index (χ1) is 14.2. The SMILES string of the molecule is COCON(C(=O)OC(C)(C)C)[C@@](F)(C(=O)OCc1ccccc1)c1ccccc1. The van der Waals surface area contributed by atoms with Crippen molar-refractivity contribution in [2.45, 2.75) is 38.8 Å². The Balaban J connectivity index is 2.41. The number of hydrogen-bond donors (Lipinski definition) is 0. The van der Waals surface area contributed by atoms with Crippen molar-refractivity contribution in [3.8, 4) is 0 Å². The van der Waals surface area contributed by atoms with Crippen LogP contribution in [0.2, 0.25) is 0 Å². The predicted octanol–water partition coefficient (Wildman–Crippen LogP) is 4.32. The van der Waals surface area contributed by atoms with Gasteiger partial charge >= 0.3 is 17.9 Å². The van der Waals surface area contributed by atoms with Crippen LogP contribution in [0, 0.1) is 0 Å².